The molecule has 2 N–H and O–H groups in total. The van der Waals surface area contributed by atoms with Crippen LogP contribution in [0.4, 0.5) is 24.7 Å². The first-order valence-corrected chi connectivity index (χ1v) is 11.9. The average molecular weight is 536 g/mol. The molecule has 0 aliphatic rings. The molecule has 6 nitrogen and oxygen atoms in total. The predicted octanol–water partition coefficient (Wildman–Crippen LogP) is 6.17. The number of ether oxygens (including phenoxy) is 1. The molecule has 0 radical (unpaired) electrons. The monoisotopic (exact) mass is 535 g/mol. The average Bonchev–Trinajstić information content (AvgIpc) is 3.36. The topological polar surface area (TPSA) is 80.1 Å². The predicted molar refractivity (Wildman–Crippen MR) is 143 cm³/mol. The van der Waals surface area contributed by atoms with E-state index in [1.54, 1.807) is 65.3 Å². The molecule has 4 rings (SSSR count). The molecule has 0 saturated heterocycles. The Kier molecular flexibility index (Phi) is 7.41. The maximum atomic E-state index is 14.2. The molecule has 0 bridgehead atoms. The van der Waals surface area contributed by atoms with Crippen LogP contribution in [0.25, 0.3) is 0 Å². The Hall–Kier alpha value is -4.36. The lowest BCUT2D eigenvalue weighted by Gasteiger charge is -2.43. The van der Waals surface area contributed by atoms with Gasteiger partial charge in [0.25, 0.3) is 0 Å². The Balaban J connectivity index is 1.94. The lowest BCUT2D eigenvalue weighted by atomic mass is 9.85. The van der Waals surface area contributed by atoms with Crippen molar-refractivity contribution in [1.82, 2.24) is 9.55 Å². The van der Waals surface area contributed by atoms with E-state index < -0.39 is 17.3 Å². The van der Waals surface area contributed by atoms with Gasteiger partial charge in [-0.15, -0.1) is 0 Å². The van der Waals surface area contributed by atoms with Gasteiger partial charge in [0.2, 0.25) is 0 Å². The Labute approximate surface area is 223 Å². The third kappa shape index (κ3) is 5.06. The van der Waals surface area contributed by atoms with Crippen molar-refractivity contribution >= 4 is 28.7 Å². The van der Waals surface area contributed by atoms with Gasteiger partial charge in [-0.3, -0.25) is 0 Å². The van der Waals surface area contributed by atoms with E-state index in [1.165, 1.54) is 25.3 Å². The number of nitrogens with two attached hydrogens (primary N) is 1. The third-order valence-electron chi connectivity index (χ3n) is 6.37. The van der Waals surface area contributed by atoms with Gasteiger partial charge in [-0.25, -0.2) is 4.98 Å². The fraction of sp³-hybridized carbons (Fsp3) is 0.179. The molecular weight excluding hydrogens is 511 g/mol. The van der Waals surface area contributed by atoms with Gasteiger partial charge in [-0.05, 0) is 60.5 Å². The summed E-state index contributed by atoms with van der Waals surface area (Å²) < 4.78 is 49.7. The molecule has 1 aromatic heterocycles. The summed E-state index contributed by atoms with van der Waals surface area (Å²) in [6.45, 7) is 1.91. The highest BCUT2D eigenvalue weighted by Gasteiger charge is 2.46. The Morgan fingerprint density at radius 1 is 1.05 bits per heavy atom. The molecule has 1 atom stereocenters. The van der Waals surface area contributed by atoms with Crippen LogP contribution in [0.5, 0.6) is 5.75 Å². The fourth-order valence-corrected chi connectivity index (χ4v) is 4.57. The number of nitrogens with zero attached hydrogens (tertiary/aromatic N) is 4. The summed E-state index contributed by atoms with van der Waals surface area (Å²) in [5.41, 5.74) is 5.65. The van der Waals surface area contributed by atoms with Gasteiger partial charge in [0.15, 0.2) is 0 Å². The number of imidazole rings is 1. The van der Waals surface area contributed by atoms with Crippen molar-refractivity contribution < 1.29 is 17.9 Å². The number of hydrogen-bond acceptors (Lipinski definition) is 5. The first-order valence-electron chi connectivity index (χ1n) is 11.5. The van der Waals surface area contributed by atoms with Crippen LogP contribution in [0.2, 0.25) is 0 Å². The lowest BCUT2D eigenvalue weighted by Crippen LogP contribution is -2.51. The number of benzene rings is 3. The number of halogens is 3. The fourth-order valence-electron chi connectivity index (χ4n) is 4.37. The first kappa shape index (κ1) is 26.7. The Bertz CT molecular complexity index is 1480. The number of rotatable bonds is 8. The third-order valence-corrected chi connectivity index (χ3v) is 6.77. The Morgan fingerprint density at radius 2 is 1.68 bits per heavy atom. The molecule has 194 valence electrons. The summed E-state index contributed by atoms with van der Waals surface area (Å²) in [6.07, 6.45) is -1.50. The van der Waals surface area contributed by atoms with Crippen LogP contribution in [0, 0.1) is 11.3 Å². The quantitative estimate of drug-likeness (QED) is 0.272. The first-order chi connectivity index (χ1) is 18.1. The highest BCUT2D eigenvalue weighted by Crippen LogP contribution is 2.45. The number of thiocarbonyl (C=S) groups is 1. The van der Waals surface area contributed by atoms with Crippen molar-refractivity contribution in [2.24, 2.45) is 5.73 Å². The number of methoxy groups -OCH3 is 1. The van der Waals surface area contributed by atoms with Crippen molar-refractivity contribution in [3.8, 4) is 11.8 Å². The summed E-state index contributed by atoms with van der Waals surface area (Å²) in [5, 5.41) is 9.11. The number of nitriles is 1. The molecule has 1 heterocycles. The van der Waals surface area contributed by atoms with Crippen LogP contribution >= 0.6 is 12.2 Å². The maximum absolute atomic E-state index is 14.2. The molecule has 1 unspecified atom stereocenters. The molecule has 0 aliphatic heterocycles. The Morgan fingerprint density at radius 3 is 2.24 bits per heavy atom. The second-order valence-electron chi connectivity index (χ2n) is 8.70. The van der Waals surface area contributed by atoms with E-state index in [0.29, 0.717) is 29.4 Å². The summed E-state index contributed by atoms with van der Waals surface area (Å²) in [4.78, 5) is 5.81. The minimum absolute atomic E-state index is 0.0954. The van der Waals surface area contributed by atoms with E-state index in [0.717, 1.165) is 11.6 Å². The van der Waals surface area contributed by atoms with E-state index >= 15 is 0 Å². The van der Waals surface area contributed by atoms with Gasteiger partial charge in [-0.1, -0.05) is 42.5 Å². The second kappa shape index (κ2) is 10.6. The second-order valence-corrected chi connectivity index (χ2v) is 9.14. The summed E-state index contributed by atoms with van der Waals surface area (Å²) in [6, 6.07) is 21.2. The molecular formula is C28H24F3N5OS. The van der Waals surface area contributed by atoms with Crippen molar-refractivity contribution in [3.05, 3.63) is 108 Å². The molecule has 0 amide bonds. The molecule has 0 spiro atoms. The standard InChI is InChI=1S/C28H24F3N5OS/c1-27(26(33)38,23-5-3-4-6-24(23)28(29,30)31)36(21-11-13-22(37-2)14-12-21)25-16-34-18-35(25)17-20-9-7-19(15-32)8-10-20/h3-14,16,18H,17H2,1-2H3,(H2,33,38). The molecule has 4 aromatic rings. The van der Waals surface area contributed by atoms with Crippen LogP contribution in [0.3, 0.4) is 0 Å². The van der Waals surface area contributed by atoms with Crippen LogP contribution in [-0.4, -0.2) is 21.6 Å². The van der Waals surface area contributed by atoms with Gasteiger partial charge in [0.1, 0.15) is 22.1 Å². The van der Waals surface area contributed by atoms with Crippen molar-refractivity contribution in [3.63, 3.8) is 0 Å². The zero-order valence-electron chi connectivity index (χ0n) is 20.6. The summed E-state index contributed by atoms with van der Waals surface area (Å²) in [7, 11) is 1.53. The molecule has 10 heteroatoms. The highest BCUT2D eigenvalue weighted by atomic mass is 32.1. The molecule has 0 aliphatic carbocycles. The SMILES string of the molecule is COc1ccc(N(c2cncn2Cc2ccc(C#N)cc2)C(C)(C(N)=S)c2ccccc2C(F)(F)F)cc1. The smallest absolute Gasteiger partial charge is 0.416 e. The summed E-state index contributed by atoms with van der Waals surface area (Å²) >= 11 is 5.48. The molecule has 3 aromatic carbocycles. The zero-order valence-corrected chi connectivity index (χ0v) is 21.4. The molecule has 0 saturated carbocycles. The van der Waals surface area contributed by atoms with E-state index in [4.69, 9.17) is 28.0 Å². The zero-order chi connectivity index (χ0) is 27.5. The van der Waals surface area contributed by atoms with E-state index in [9.17, 15) is 13.2 Å². The number of alkyl halides is 3. The normalized spacial score (nSPS) is 12.8. The van der Waals surface area contributed by atoms with Crippen LogP contribution in [0.15, 0.2) is 85.3 Å². The highest BCUT2D eigenvalue weighted by molar-refractivity contribution is 7.80. The van der Waals surface area contributed by atoms with Gasteiger partial charge in [-0.2, -0.15) is 18.4 Å². The minimum atomic E-state index is -4.64. The number of anilines is 2. The van der Waals surface area contributed by atoms with Crippen molar-refractivity contribution in [2.45, 2.75) is 25.2 Å². The molecule has 0 fully saturated rings. The van der Waals surface area contributed by atoms with Gasteiger partial charge in [0, 0.05) is 5.69 Å². The summed E-state index contributed by atoms with van der Waals surface area (Å²) in [5.74, 6) is 1.04. The maximum Gasteiger partial charge on any atom is 0.416 e. The molecule has 38 heavy (non-hydrogen) atoms. The van der Waals surface area contributed by atoms with Gasteiger partial charge in [0.05, 0.1) is 43.4 Å². The van der Waals surface area contributed by atoms with Crippen LogP contribution in [-0.2, 0) is 18.3 Å². The largest absolute Gasteiger partial charge is 0.497 e. The van der Waals surface area contributed by atoms with Crippen molar-refractivity contribution in [1.29, 1.82) is 5.26 Å². The van der Waals surface area contributed by atoms with E-state index in [-0.39, 0.29) is 10.6 Å². The van der Waals surface area contributed by atoms with E-state index in [1.807, 2.05) is 12.1 Å². The minimum Gasteiger partial charge on any atom is -0.497 e. The van der Waals surface area contributed by atoms with Gasteiger partial charge >= 0.3 is 6.18 Å². The van der Waals surface area contributed by atoms with Crippen LogP contribution in [0.1, 0.15) is 29.2 Å². The number of hydrogen-bond donors (Lipinski definition) is 1. The van der Waals surface area contributed by atoms with E-state index in [2.05, 4.69) is 11.1 Å². The van der Waals surface area contributed by atoms with Gasteiger partial charge < -0.3 is 19.9 Å². The van der Waals surface area contributed by atoms with Crippen LogP contribution < -0.4 is 15.4 Å². The lowest BCUT2D eigenvalue weighted by molar-refractivity contribution is -0.138. The number of aromatic nitrogens is 2. The van der Waals surface area contributed by atoms with Crippen molar-refractivity contribution in [2.75, 3.05) is 12.0 Å².